The predicted molar refractivity (Wildman–Crippen MR) is 75.6 cm³/mol. The molecule has 0 aromatic heterocycles. The van der Waals surface area contributed by atoms with Crippen LogP contribution in [0.2, 0.25) is 0 Å². The first-order valence-electron chi connectivity index (χ1n) is 6.88. The van der Waals surface area contributed by atoms with Crippen molar-refractivity contribution in [1.29, 1.82) is 0 Å². The van der Waals surface area contributed by atoms with Crippen LogP contribution < -0.4 is 10.6 Å². The predicted octanol–water partition coefficient (Wildman–Crippen LogP) is 2.96. The highest BCUT2D eigenvalue weighted by molar-refractivity contribution is 5.81. The molecule has 0 aliphatic rings. The van der Waals surface area contributed by atoms with Crippen LogP contribution in [0.4, 0.5) is 13.2 Å². The Labute approximate surface area is 122 Å². The Balaban J connectivity index is 2.61. The van der Waals surface area contributed by atoms with Crippen LogP contribution in [0.25, 0.3) is 0 Å². The standard InChI is InChI=1S/C15H21F3N2O/c1-10(2)8-20-14(21)11(3)19-9-12-6-4-5-7-13(12)15(16,17)18/h4-7,10-11,19H,8-9H2,1-3H3,(H,20,21). The number of halogens is 3. The third-order valence-corrected chi connectivity index (χ3v) is 3.00. The van der Waals surface area contributed by atoms with Crippen molar-refractivity contribution in [3.8, 4) is 0 Å². The normalized spacial score (nSPS) is 13.3. The molecule has 0 heterocycles. The molecule has 2 N–H and O–H groups in total. The van der Waals surface area contributed by atoms with Gasteiger partial charge in [-0.3, -0.25) is 4.79 Å². The SMILES string of the molecule is CC(C)CNC(=O)C(C)NCc1ccccc1C(F)(F)F. The molecular formula is C15H21F3N2O. The molecule has 0 bridgehead atoms. The van der Waals surface area contributed by atoms with E-state index >= 15 is 0 Å². The number of benzene rings is 1. The third-order valence-electron chi connectivity index (χ3n) is 3.00. The summed E-state index contributed by atoms with van der Waals surface area (Å²) in [5, 5.41) is 5.56. The number of rotatable bonds is 6. The molecule has 0 fully saturated rings. The average molecular weight is 302 g/mol. The minimum atomic E-state index is -4.39. The van der Waals surface area contributed by atoms with Gasteiger partial charge in [0.15, 0.2) is 0 Å². The van der Waals surface area contributed by atoms with Gasteiger partial charge in [0.25, 0.3) is 0 Å². The van der Waals surface area contributed by atoms with Gasteiger partial charge in [0.05, 0.1) is 11.6 Å². The molecule has 1 rings (SSSR count). The van der Waals surface area contributed by atoms with Crippen LogP contribution in [0.5, 0.6) is 0 Å². The highest BCUT2D eigenvalue weighted by Gasteiger charge is 2.32. The number of hydrogen-bond acceptors (Lipinski definition) is 2. The minimum absolute atomic E-state index is 0.00799. The number of nitrogens with one attached hydrogen (secondary N) is 2. The minimum Gasteiger partial charge on any atom is -0.354 e. The second kappa shape index (κ2) is 7.45. The summed E-state index contributed by atoms with van der Waals surface area (Å²) >= 11 is 0. The van der Waals surface area contributed by atoms with E-state index in [4.69, 9.17) is 0 Å². The number of amides is 1. The Kier molecular flexibility index (Phi) is 6.20. The topological polar surface area (TPSA) is 41.1 Å². The van der Waals surface area contributed by atoms with Gasteiger partial charge in [-0.1, -0.05) is 32.0 Å². The molecule has 0 radical (unpaired) electrons. The van der Waals surface area contributed by atoms with Crippen molar-refractivity contribution in [2.75, 3.05) is 6.54 Å². The quantitative estimate of drug-likeness (QED) is 0.848. The Hall–Kier alpha value is -1.56. The van der Waals surface area contributed by atoms with E-state index < -0.39 is 17.8 Å². The lowest BCUT2D eigenvalue weighted by Crippen LogP contribution is -2.43. The van der Waals surface area contributed by atoms with E-state index in [1.165, 1.54) is 12.1 Å². The van der Waals surface area contributed by atoms with Crippen molar-refractivity contribution in [1.82, 2.24) is 10.6 Å². The van der Waals surface area contributed by atoms with Gasteiger partial charge in [-0.25, -0.2) is 0 Å². The van der Waals surface area contributed by atoms with Crippen LogP contribution in [0.1, 0.15) is 31.9 Å². The van der Waals surface area contributed by atoms with Gasteiger partial charge in [-0.2, -0.15) is 13.2 Å². The lowest BCUT2D eigenvalue weighted by Gasteiger charge is -2.17. The molecule has 0 aliphatic heterocycles. The molecule has 0 aliphatic carbocycles. The second-order valence-electron chi connectivity index (χ2n) is 5.40. The monoisotopic (exact) mass is 302 g/mol. The molecule has 1 amide bonds. The van der Waals surface area contributed by atoms with Gasteiger partial charge in [-0.15, -0.1) is 0 Å². The Bertz CT molecular complexity index is 472. The summed E-state index contributed by atoms with van der Waals surface area (Å²) in [6, 6.07) is 4.81. The zero-order valence-electron chi connectivity index (χ0n) is 12.4. The van der Waals surface area contributed by atoms with Crippen molar-refractivity contribution in [3.63, 3.8) is 0 Å². The fourth-order valence-corrected chi connectivity index (χ4v) is 1.76. The summed E-state index contributed by atoms with van der Waals surface area (Å²) in [5.41, 5.74) is -0.541. The number of alkyl halides is 3. The summed E-state index contributed by atoms with van der Waals surface area (Å²) in [5.74, 6) is 0.111. The number of carbonyl (C=O) groups excluding carboxylic acids is 1. The fraction of sp³-hybridized carbons (Fsp3) is 0.533. The first-order valence-corrected chi connectivity index (χ1v) is 6.88. The third kappa shape index (κ3) is 5.75. The van der Waals surface area contributed by atoms with Gasteiger partial charge >= 0.3 is 6.18 Å². The van der Waals surface area contributed by atoms with E-state index in [2.05, 4.69) is 10.6 Å². The van der Waals surface area contributed by atoms with Gasteiger partial charge in [-0.05, 0) is 24.5 Å². The summed E-state index contributed by atoms with van der Waals surface area (Å²) in [4.78, 5) is 11.8. The Morgan fingerprint density at radius 3 is 2.38 bits per heavy atom. The lowest BCUT2D eigenvalue weighted by atomic mass is 10.1. The highest BCUT2D eigenvalue weighted by Crippen LogP contribution is 2.31. The lowest BCUT2D eigenvalue weighted by molar-refractivity contribution is -0.138. The maximum atomic E-state index is 12.8. The van der Waals surface area contributed by atoms with E-state index in [9.17, 15) is 18.0 Å². The van der Waals surface area contributed by atoms with Gasteiger partial charge in [0.1, 0.15) is 0 Å². The van der Waals surface area contributed by atoms with Crippen LogP contribution >= 0.6 is 0 Å². The molecule has 0 saturated carbocycles. The number of carbonyl (C=O) groups is 1. The van der Waals surface area contributed by atoms with Crippen LogP contribution in [-0.2, 0) is 17.5 Å². The van der Waals surface area contributed by atoms with Gasteiger partial charge in [0.2, 0.25) is 5.91 Å². The molecular weight excluding hydrogens is 281 g/mol. The number of hydrogen-bond donors (Lipinski definition) is 2. The summed E-state index contributed by atoms with van der Waals surface area (Å²) < 4.78 is 38.5. The molecule has 21 heavy (non-hydrogen) atoms. The van der Waals surface area contributed by atoms with E-state index in [0.29, 0.717) is 12.5 Å². The molecule has 3 nitrogen and oxygen atoms in total. The summed E-state index contributed by atoms with van der Waals surface area (Å²) in [6.07, 6.45) is -4.39. The zero-order valence-corrected chi connectivity index (χ0v) is 12.4. The van der Waals surface area contributed by atoms with Gasteiger partial charge < -0.3 is 10.6 Å². The molecule has 6 heteroatoms. The molecule has 118 valence electrons. The van der Waals surface area contributed by atoms with Crippen molar-refractivity contribution in [2.24, 2.45) is 5.92 Å². The smallest absolute Gasteiger partial charge is 0.354 e. The molecule has 1 aromatic rings. The molecule has 1 aromatic carbocycles. The Morgan fingerprint density at radius 1 is 1.19 bits per heavy atom. The highest BCUT2D eigenvalue weighted by atomic mass is 19.4. The summed E-state index contributed by atoms with van der Waals surface area (Å²) in [6.45, 7) is 6.11. The van der Waals surface area contributed by atoms with Crippen LogP contribution in [-0.4, -0.2) is 18.5 Å². The van der Waals surface area contributed by atoms with Crippen molar-refractivity contribution in [2.45, 2.75) is 39.5 Å². The Morgan fingerprint density at radius 2 is 1.81 bits per heavy atom. The first kappa shape index (κ1) is 17.5. The second-order valence-corrected chi connectivity index (χ2v) is 5.40. The van der Waals surface area contributed by atoms with Gasteiger partial charge in [0, 0.05) is 13.1 Å². The van der Waals surface area contributed by atoms with Crippen molar-refractivity contribution >= 4 is 5.91 Å². The van der Waals surface area contributed by atoms with E-state index in [-0.39, 0.29) is 18.0 Å². The molecule has 0 saturated heterocycles. The van der Waals surface area contributed by atoms with Crippen LogP contribution in [0.15, 0.2) is 24.3 Å². The zero-order chi connectivity index (χ0) is 16.0. The van der Waals surface area contributed by atoms with Crippen LogP contribution in [0, 0.1) is 5.92 Å². The van der Waals surface area contributed by atoms with Crippen molar-refractivity contribution in [3.05, 3.63) is 35.4 Å². The van der Waals surface area contributed by atoms with E-state index in [1.54, 1.807) is 13.0 Å². The van der Waals surface area contributed by atoms with E-state index in [1.807, 2.05) is 13.8 Å². The first-order chi connectivity index (χ1) is 9.71. The average Bonchev–Trinajstić information content (AvgIpc) is 2.41. The van der Waals surface area contributed by atoms with Crippen molar-refractivity contribution < 1.29 is 18.0 Å². The fourth-order valence-electron chi connectivity index (χ4n) is 1.76. The maximum Gasteiger partial charge on any atom is 0.416 e. The summed E-state index contributed by atoms with van der Waals surface area (Å²) in [7, 11) is 0. The largest absolute Gasteiger partial charge is 0.416 e. The van der Waals surface area contributed by atoms with Crippen LogP contribution in [0.3, 0.4) is 0 Å². The molecule has 1 unspecified atom stereocenters. The van der Waals surface area contributed by atoms with E-state index in [0.717, 1.165) is 6.07 Å². The maximum absolute atomic E-state index is 12.8. The molecule has 1 atom stereocenters. The molecule has 0 spiro atoms.